The summed E-state index contributed by atoms with van der Waals surface area (Å²) in [6.07, 6.45) is 2.35. The molecule has 0 atom stereocenters. The second-order valence-electron chi connectivity index (χ2n) is 9.13. The summed E-state index contributed by atoms with van der Waals surface area (Å²) in [6.45, 7) is 6.61. The lowest BCUT2D eigenvalue weighted by molar-refractivity contribution is -0.118. The van der Waals surface area contributed by atoms with Crippen LogP contribution in [0.15, 0.2) is 78.9 Å². The van der Waals surface area contributed by atoms with Gasteiger partial charge in [0, 0.05) is 50.5 Å². The number of hydrogen-bond donors (Lipinski definition) is 0. The number of nitrogens with zero attached hydrogens (tertiary/aromatic N) is 3. The van der Waals surface area contributed by atoms with Gasteiger partial charge in [0.2, 0.25) is 5.91 Å². The molecular formula is C29H33N3O2. The number of amides is 1. The highest BCUT2D eigenvalue weighted by molar-refractivity contribution is 5.96. The SMILES string of the molecule is O=C1CCc2cc(OCc3ccccc3)ccc2N1CCCN1CCN(c2ccccc2)CC1. The molecule has 0 N–H and O–H groups in total. The number of anilines is 2. The molecule has 1 amide bonds. The van der Waals surface area contributed by atoms with Gasteiger partial charge in [-0.2, -0.15) is 0 Å². The zero-order valence-corrected chi connectivity index (χ0v) is 19.7. The molecular weight excluding hydrogens is 422 g/mol. The van der Waals surface area contributed by atoms with E-state index in [9.17, 15) is 4.79 Å². The third kappa shape index (κ3) is 5.42. The number of aryl methyl sites for hydroxylation is 1. The highest BCUT2D eigenvalue weighted by Gasteiger charge is 2.25. The molecule has 3 aromatic carbocycles. The van der Waals surface area contributed by atoms with E-state index in [-0.39, 0.29) is 5.91 Å². The highest BCUT2D eigenvalue weighted by Crippen LogP contribution is 2.31. The lowest BCUT2D eigenvalue weighted by Gasteiger charge is -2.36. The largest absolute Gasteiger partial charge is 0.489 e. The molecule has 2 aliphatic heterocycles. The van der Waals surface area contributed by atoms with E-state index in [2.05, 4.69) is 64.4 Å². The minimum absolute atomic E-state index is 0.236. The first-order chi connectivity index (χ1) is 16.8. The molecule has 2 aliphatic rings. The predicted octanol–water partition coefficient (Wildman–Crippen LogP) is 4.76. The summed E-state index contributed by atoms with van der Waals surface area (Å²) < 4.78 is 6.01. The van der Waals surface area contributed by atoms with Gasteiger partial charge in [0.25, 0.3) is 0 Å². The minimum atomic E-state index is 0.236. The quantitative estimate of drug-likeness (QED) is 0.491. The van der Waals surface area contributed by atoms with E-state index in [1.165, 1.54) is 11.3 Å². The molecule has 34 heavy (non-hydrogen) atoms. The average molecular weight is 456 g/mol. The van der Waals surface area contributed by atoms with Crippen molar-refractivity contribution in [2.75, 3.05) is 49.1 Å². The van der Waals surface area contributed by atoms with Crippen LogP contribution in [0.1, 0.15) is 24.0 Å². The molecule has 0 aliphatic carbocycles. The molecule has 176 valence electrons. The topological polar surface area (TPSA) is 36.0 Å². The zero-order chi connectivity index (χ0) is 23.2. The van der Waals surface area contributed by atoms with Crippen molar-refractivity contribution >= 4 is 17.3 Å². The van der Waals surface area contributed by atoms with Crippen molar-refractivity contribution in [3.05, 3.63) is 90.0 Å². The number of fused-ring (bicyclic) bond motifs is 1. The summed E-state index contributed by atoms with van der Waals surface area (Å²) in [7, 11) is 0. The van der Waals surface area contributed by atoms with Crippen LogP contribution in [0, 0.1) is 0 Å². The maximum absolute atomic E-state index is 12.7. The van der Waals surface area contributed by atoms with Crippen LogP contribution in [0.25, 0.3) is 0 Å². The Morgan fingerprint density at radius 2 is 1.50 bits per heavy atom. The number of benzene rings is 3. The summed E-state index contributed by atoms with van der Waals surface area (Å²) in [4.78, 5) is 19.7. The van der Waals surface area contributed by atoms with Crippen molar-refractivity contribution in [2.45, 2.75) is 25.9 Å². The molecule has 5 nitrogen and oxygen atoms in total. The van der Waals surface area contributed by atoms with Crippen LogP contribution >= 0.6 is 0 Å². The van der Waals surface area contributed by atoms with E-state index in [0.29, 0.717) is 13.0 Å². The number of hydrogen-bond acceptors (Lipinski definition) is 4. The number of ether oxygens (including phenoxy) is 1. The van der Waals surface area contributed by atoms with E-state index in [1.807, 2.05) is 29.2 Å². The fraction of sp³-hybridized carbons (Fsp3) is 0.345. The molecule has 0 bridgehead atoms. The van der Waals surface area contributed by atoms with Gasteiger partial charge in [-0.15, -0.1) is 0 Å². The van der Waals surface area contributed by atoms with E-state index < -0.39 is 0 Å². The van der Waals surface area contributed by atoms with Gasteiger partial charge in [0.05, 0.1) is 0 Å². The van der Waals surface area contributed by atoms with Gasteiger partial charge in [0.15, 0.2) is 0 Å². The molecule has 0 saturated carbocycles. The summed E-state index contributed by atoms with van der Waals surface area (Å²) in [5.74, 6) is 1.10. The molecule has 2 heterocycles. The number of para-hydroxylation sites is 1. The fourth-order valence-corrected chi connectivity index (χ4v) is 4.93. The van der Waals surface area contributed by atoms with Crippen molar-refractivity contribution in [3.8, 4) is 5.75 Å². The molecule has 0 radical (unpaired) electrons. The molecule has 5 heteroatoms. The number of carbonyl (C=O) groups is 1. The normalized spacial score (nSPS) is 16.4. The Bertz CT molecular complexity index is 1080. The Labute approximate surface area is 202 Å². The Morgan fingerprint density at radius 1 is 0.765 bits per heavy atom. The second-order valence-corrected chi connectivity index (χ2v) is 9.13. The summed E-state index contributed by atoms with van der Waals surface area (Å²) >= 11 is 0. The lowest BCUT2D eigenvalue weighted by atomic mass is 10.0. The molecule has 1 saturated heterocycles. The molecule has 0 unspecified atom stereocenters. The Kier molecular flexibility index (Phi) is 7.10. The second kappa shape index (κ2) is 10.7. The Balaban J connectivity index is 1.13. The van der Waals surface area contributed by atoms with Gasteiger partial charge >= 0.3 is 0 Å². The monoisotopic (exact) mass is 455 g/mol. The van der Waals surface area contributed by atoms with E-state index in [1.54, 1.807) is 0 Å². The third-order valence-electron chi connectivity index (χ3n) is 6.85. The van der Waals surface area contributed by atoms with Crippen LogP contribution in [0.4, 0.5) is 11.4 Å². The van der Waals surface area contributed by atoms with Crippen molar-refractivity contribution in [3.63, 3.8) is 0 Å². The van der Waals surface area contributed by atoms with Crippen molar-refractivity contribution < 1.29 is 9.53 Å². The summed E-state index contributed by atoms with van der Waals surface area (Å²) in [5, 5.41) is 0. The minimum Gasteiger partial charge on any atom is -0.489 e. The van der Waals surface area contributed by atoms with Crippen LogP contribution in [0.5, 0.6) is 5.75 Å². The molecule has 0 spiro atoms. The van der Waals surface area contributed by atoms with Crippen LogP contribution in [-0.2, 0) is 17.8 Å². The van der Waals surface area contributed by atoms with Gasteiger partial charge in [-0.05, 0) is 60.8 Å². The maximum Gasteiger partial charge on any atom is 0.227 e. The number of piperazine rings is 1. The smallest absolute Gasteiger partial charge is 0.227 e. The molecule has 0 aromatic heterocycles. The van der Waals surface area contributed by atoms with Crippen LogP contribution in [0.2, 0.25) is 0 Å². The van der Waals surface area contributed by atoms with E-state index in [0.717, 1.165) is 69.1 Å². The molecule has 3 aromatic rings. The first kappa shape index (κ1) is 22.5. The number of carbonyl (C=O) groups excluding carboxylic acids is 1. The fourth-order valence-electron chi connectivity index (χ4n) is 4.93. The van der Waals surface area contributed by atoms with Gasteiger partial charge in [0.1, 0.15) is 12.4 Å². The van der Waals surface area contributed by atoms with E-state index >= 15 is 0 Å². The average Bonchev–Trinajstić information content (AvgIpc) is 2.90. The van der Waals surface area contributed by atoms with Gasteiger partial charge < -0.3 is 14.5 Å². The summed E-state index contributed by atoms with van der Waals surface area (Å²) in [6, 6.07) is 27.0. The van der Waals surface area contributed by atoms with E-state index in [4.69, 9.17) is 4.74 Å². The first-order valence-electron chi connectivity index (χ1n) is 12.4. The van der Waals surface area contributed by atoms with Crippen LogP contribution in [-0.4, -0.2) is 50.1 Å². The Hall–Kier alpha value is -3.31. The van der Waals surface area contributed by atoms with Gasteiger partial charge in [-0.25, -0.2) is 0 Å². The van der Waals surface area contributed by atoms with Crippen molar-refractivity contribution in [2.24, 2.45) is 0 Å². The standard InChI is InChI=1S/C29H33N3O2/c33-29-15-12-25-22-27(34-23-24-8-3-1-4-9-24)13-14-28(25)32(29)17-7-16-30-18-20-31(21-19-30)26-10-5-2-6-11-26/h1-6,8-11,13-14,22H,7,12,15-21,23H2. The van der Waals surface area contributed by atoms with Crippen LogP contribution in [0.3, 0.4) is 0 Å². The van der Waals surface area contributed by atoms with Gasteiger partial charge in [-0.1, -0.05) is 48.5 Å². The zero-order valence-electron chi connectivity index (χ0n) is 19.7. The Morgan fingerprint density at radius 3 is 2.26 bits per heavy atom. The molecule has 1 fully saturated rings. The first-order valence-corrected chi connectivity index (χ1v) is 12.4. The third-order valence-corrected chi connectivity index (χ3v) is 6.85. The predicted molar refractivity (Wildman–Crippen MR) is 138 cm³/mol. The van der Waals surface area contributed by atoms with Crippen molar-refractivity contribution in [1.29, 1.82) is 0 Å². The van der Waals surface area contributed by atoms with Crippen LogP contribution < -0.4 is 14.5 Å². The van der Waals surface area contributed by atoms with Gasteiger partial charge in [-0.3, -0.25) is 9.69 Å². The summed E-state index contributed by atoms with van der Waals surface area (Å²) in [5.41, 5.74) is 4.73. The molecule has 5 rings (SSSR count). The highest BCUT2D eigenvalue weighted by atomic mass is 16.5. The number of rotatable bonds is 8. The lowest BCUT2D eigenvalue weighted by Crippen LogP contribution is -2.47. The van der Waals surface area contributed by atoms with Crippen molar-refractivity contribution in [1.82, 2.24) is 4.90 Å². The maximum atomic E-state index is 12.7.